The number of carbonyl (C=O) groups is 2. The monoisotopic (exact) mass is 331 g/mol. The molecule has 2 amide bonds. The van der Waals surface area contributed by atoms with Crippen LogP contribution in [0.2, 0.25) is 0 Å². The van der Waals surface area contributed by atoms with Gasteiger partial charge >= 0.3 is 0 Å². The second kappa shape index (κ2) is 6.88. The Balaban J connectivity index is 1.47. The predicted molar refractivity (Wildman–Crippen MR) is 87.6 cm³/mol. The molecular weight excluding hydrogens is 310 g/mol. The van der Waals surface area contributed by atoms with E-state index < -0.39 is 0 Å². The minimum absolute atomic E-state index is 0.0294. The van der Waals surface area contributed by atoms with Gasteiger partial charge in [-0.1, -0.05) is 0 Å². The Morgan fingerprint density at radius 2 is 2.04 bits per heavy atom. The molecule has 2 aromatic heterocycles. The molecule has 8 heteroatoms. The normalized spacial score (nSPS) is 15.5. The van der Waals surface area contributed by atoms with Gasteiger partial charge < -0.3 is 14.6 Å². The highest BCUT2D eigenvalue weighted by Crippen LogP contribution is 2.11. The minimum Gasteiger partial charge on any atom is -0.472 e. The van der Waals surface area contributed by atoms with Crippen molar-refractivity contribution in [1.29, 1.82) is 0 Å². The van der Waals surface area contributed by atoms with E-state index in [9.17, 15) is 9.59 Å². The van der Waals surface area contributed by atoms with E-state index in [1.165, 1.54) is 12.5 Å². The maximum absolute atomic E-state index is 12.2. The van der Waals surface area contributed by atoms with E-state index in [4.69, 9.17) is 4.42 Å². The number of aryl methyl sites for hydroxylation is 2. The van der Waals surface area contributed by atoms with Gasteiger partial charge in [0.05, 0.1) is 24.1 Å². The van der Waals surface area contributed by atoms with Crippen molar-refractivity contribution >= 4 is 17.6 Å². The molecule has 1 N–H and O–H groups in total. The first-order chi connectivity index (χ1) is 11.5. The molecule has 2 aromatic rings. The second-order valence-electron chi connectivity index (χ2n) is 5.92. The number of hydrogen-bond acceptors (Lipinski definition) is 5. The number of hydrogen-bond donors (Lipinski definition) is 1. The molecule has 0 aliphatic carbocycles. The maximum Gasteiger partial charge on any atom is 0.257 e. The third-order valence-electron chi connectivity index (χ3n) is 4.06. The third kappa shape index (κ3) is 3.65. The molecule has 0 atom stereocenters. The number of nitrogens with one attached hydrogen (secondary N) is 1. The van der Waals surface area contributed by atoms with Gasteiger partial charge in [-0.15, -0.1) is 0 Å². The molecule has 128 valence electrons. The number of nitrogens with zero attached hydrogens (tertiary/aromatic N) is 4. The molecule has 1 fully saturated rings. The van der Waals surface area contributed by atoms with Crippen molar-refractivity contribution in [3.05, 3.63) is 35.9 Å². The van der Waals surface area contributed by atoms with E-state index >= 15 is 0 Å². The molecule has 3 heterocycles. The van der Waals surface area contributed by atoms with Crippen molar-refractivity contribution in [2.45, 2.75) is 6.92 Å². The van der Waals surface area contributed by atoms with Crippen molar-refractivity contribution in [2.75, 3.05) is 38.0 Å². The number of aromatic nitrogens is 2. The Hall–Kier alpha value is -2.61. The first-order valence-electron chi connectivity index (χ1n) is 7.87. The van der Waals surface area contributed by atoms with Crippen LogP contribution in [-0.4, -0.2) is 64.1 Å². The summed E-state index contributed by atoms with van der Waals surface area (Å²) in [6.45, 7) is 4.72. The molecule has 1 aliphatic heterocycles. The Bertz CT molecular complexity index is 714. The molecule has 1 aliphatic rings. The summed E-state index contributed by atoms with van der Waals surface area (Å²) in [5.74, 6) is 0.581. The molecule has 8 nitrogen and oxygen atoms in total. The van der Waals surface area contributed by atoms with Crippen LogP contribution in [0.3, 0.4) is 0 Å². The van der Waals surface area contributed by atoms with E-state index in [2.05, 4.69) is 10.4 Å². The van der Waals surface area contributed by atoms with E-state index in [0.717, 1.165) is 5.69 Å². The fraction of sp³-hybridized carbons (Fsp3) is 0.438. The molecule has 3 rings (SSSR count). The van der Waals surface area contributed by atoms with Gasteiger partial charge in [0.15, 0.2) is 0 Å². The van der Waals surface area contributed by atoms with Crippen molar-refractivity contribution in [3.63, 3.8) is 0 Å². The molecule has 0 radical (unpaired) electrons. The van der Waals surface area contributed by atoms with Gasteiger partial charge in [-0.25, -0.2) is 0 Å². The first kappa shape index (κ1) is 16.3. The summed E-state index contributed by atoms with van der Waals surface area (Å²) >= 11 is 0. The largest absolute Gasteiger partial charge is 0.472 e. The fourth-order valence-corrected chi connectivity index (χ4v) is 2.79. The summed E-state index contributed by atoms with van der Waals surface area (Å²) in [5, 5.41) is 7.06. The van der Waals surface area contributed by atoms with Crippen LogP contribution in [0, 0.1) is 6.92 Å². The molecule has 0 bridgehead atoms. The smallest absolute Gasteiger partial charge is 0.257 e. The van der Waals surface area contributed by atoms with E-state index in [-0.39, 0.29) is 11.8 Å². The zero-order valence-electron chi connectivity index (χ0n) is 13.9. The zero-order chi connectivity index (χ0) is 17.1. The maximum atomic E-state index is 12.2. The standard InChI is InChI=1S/C16H21N5O3/c1-12-9-14(19(2)18-12)17-15(22)10-20-4-6-21(7-5-20)16(23)13-3-8-24-11-13/h3,8-9,11H,4-7,10H2,1-2H3,(H,17,22). The van der Waals surface area contributed by atoms with Gasteiger partial charge in [-0.05, 0) is 13.0 Å². The summed E-state index contributed by atoms with van der Waals surface area (Å²) in [7, 11) is 1.79. The van der Waals surface area contributed by atoms with Gasteiger partial charge in [0.2, 0.25) is 5.91 Å². The zero-order valence-corrected chi connectivity index (χ0v) is 13.9. The highest BCUT2D eigenvalue weighted by atomic mass is 16.3. The van der Waals surface area contributed by atoms with Crippen LogP contribution in [0.15, 0.2) is 29.1 Å². The van der Waals surface area contributed by atoms with Crippen molar-refractivity contribution in [3.8, 4) is 0 Å². The molecule has 24 heavy (non-hydrogen) atoms. The second-order valence-corrected chi connectivity index (χ2v) is 5.92. The van der Waals surface area contributed by atoms with Gasteiger partial charge in [-0.2, -0.15) is 5.10 Å². The van der Waals surface area contributed by atoms with Crippen LogP contribution < -0.4 is 5.32 Å². The minimum atomic E-state index is -0.0763. The predicted octanol–water partition coefficient (Wildman–Crippen LogP) is 0.718. The number of rotatable bonds is 4. The number of furan rings is 1. The number of carbonyl (C=O) groups excluding carboxylic acids is 2. The highest BCUT2D eigenvalue weighted by Gasteiger charge is 2.24. The van der Waals surface area contributed by atoms with Crippen LogP contribution in [0.25, 0.3) is 0 Å². The van der Waals surface area contributed by atoms with Gasteiger partial charge in [0.1, 0.15) is 12.1 Å². The lowest BCUT2D eigenvalue weighted by Crippen LogP contribution is -2.50. The van der Waals surface area contributed by atoms with Crippen LogP contribution in [0.4, 0.5) is 5.82 Å². The Morgan fingerprint density at radius 3 is 2.62 bits per heavy atom. The summed E-state index contributed by atoms with van der Waals surface area (Å²) < 4.78 is 6.60. The summed E-state index contributed by atoms with van der Waals surface area (Å²) in [4.78, 5) is 28.2. The molecular formula is C16H21N5O3. The molecule has 0 aromatic carbocycles. The molecule has 0 saturated carbocycles. The van der Waals surface area contributed by atoms with Crippen molar-refractivity contribution < 1.29 is 14.0 Å². The summed E-state index contributed by atoms with van der Waals surface area (Å²) in [5.41, 5.74) is 1.42. The van der Waals surface area contributed by atoms with Crippen molar-refractivity contribution in [1.82, 2.24) is 19.6 Å². The Labute approximate surface area is 140 Å². The Morgan fingerprint density at radius 1 is 1.29 bits per heavy atom. The van der Waals surface area contributed by atoms with E-state index in [1.54, 1.807) is 22.7 Å². The average Bonchev–Trinajstić information content (AvgIpc) is 3.18. The third-order valence-corrected chi connectivity index (χ3v) is 4.06. The highest BCUT2D eigenvalue weighted by molar-refractivity contribution is 5.94. The molecule has 0 spiro atoms. The lowest BCUT2D eigenvalue weighted by molar-refractivity contribution is -0.117. The van der Waals surface area contributed by atoms with Crippen LogP contribution in [-0.2, 0) is 11.8 Å². The quantitative estimate of drug-likeness (QED) is 0.892. The lowest BCUT2D eigenvalue weighted by atomic mass is 10.2. The topological polar surface area (TPSA) is 83.6 Å². The summed E-state index contributed by atoms with van der Waals surface area (Å²) in [6, 6.07) is 3.50. The molecule has 1 saturated heterocycles. The SMILES string of the molecule is Cc1cc(NC(=O)CN2CCN(C(=O)c3ccoc3)CC2)n(C)n1. The number of amides is 2. The van der Waals surface area contributed by atoms with Gasteiger partial charge in [0, 0.05) is 39.3 Å². The Kier molecular flexibility index (Phi) is 4.66. The lowest BCUT2D eigenvalue weighted by Gasteiger charge is -2.34. The van der Waals surface area contributed by atoms with Gasteiger partial charge in [0.25, 0.3) is 5.91 Å². The number of anilines is 1. The molecule has 0 unspecified atom stereocenters. The van der Waals surface area contributed by atoms with E-state index in [0.29, 0.717) is 44.1 Å². The number of piperazine rings is 1. The van der Waals surface area contributed by atoms with Crippen molar-refractivity contribution in [2.24, 2.45) is 7.05 Å². The fourth-order valence-electron chi connectivity index (χ4n) is 2.79. The van der Waals surface area contributed by atoms with Gasteiger partial charge in [-0.3, -0.25) is 19.2 Å². The van der Waals surface area contributed by atoms with Crippen LogP contribution in [0.1, 0.15) is 16.1 Å². The first-order valence-corrected chi connectivity index (χ1v) is 7.87. The van der Waals surface area contributed by atoms with Crippen LogP contribution in [0.5, 0.6) is 0 Å². The average molecular weight is 331 g/mol. The van der Waals surface area contributed by atoms with E-state index in [1.807, 2.05) is 17.9 Å². The summed E-state index contributed by atoms with van der Waals surface area (Å²) in [6.07, 6.45) is 2.95. The van der Waals surface area contributed by atoms with Crippen LogP contribution >= 0.6 is 0 Å².